The van der Waals surface area contributed by atoms with Crippen LogP contribution in [0.1, 0.15) is 8.85 Å². The van der Waals surface area contributed by atoms with E-state index >= 15 is 0 Å². The maximum atomic E-state index is 0. The molecule has 4 heavy (non-hydrogen) atoms. The molecule has 0 saturated carbocycles. The van der Waals surface area contributed by atoms with Crippen molar-refractivity contribution in [3.05, 3.63) is 0 Å². The Hall–Kier alpha value is 2.12. The van der Waals surface area contributed by atoms with Crippen LogP contribution in [0.2, 0.25) is 0 Å². The van der Waals surface area contributed by atoms with Crippen molar-refractivity contribution in [1.82, 2.24) is 6.15 Å². The maximum Gasteiger partial charge on any atom is 0 e. The standard InChI is InChI=1S/CH4.H3N.U.Y.H2/h1H4;1H3;;;1H. The van der Waals surface area contributed by atoms with Gasteiger partial charge in [0.05, 0.1) is 0 Å². The summed E-state index contributed by atoms with van der Waals surface area (Å²) in [5.74, 6) is 0. The van der Waals surface area contributed by atoms with Gasteiger partial charge in [-0.15, -0.1) is 0 Å². The van der Waals surface area contributed by atoms with Crippen LogP contribution >= 0.6 is 0 Å². The Kier molecular flexibility index (Phi) is 173. The smallest absolute Gasteiger partial charge is 0 e. The van der Waals surface area contributed by atoms with Gasteiger partial charge in [-0.3, -0.25) is 0 Å². The van der Waals surface area contributed by atoms with Gasteiger partial charge < -0.3 is 6.15 Å². The quantitative estimate of drug-likeness (QED) is 0.687. The van der Waals surface area contributed by atoms with E-state index in [1.165, 1.54) is 0 Å². The third kappa shape index (κ3) is 8.93. The minimum atomic E-state index is 0. The molecule has 0 atom stereocenters. The Bertz CT molecular complexity index is 11.6. The fourth-order valence-electron chi connectivity index (χ4n) is 0. The first-order chi connectivity index (χ1) is 0. The minimum absolute atomic E-state index is 0. The fourth-order valence-corrected chi connectivity index (χ4v) is 0. The van der Waals surface area contributed by atoms with E-state index in [0.29, 0.717) is 0 Å². The van der Waals surface area contributed by atoms with E-state index in [-0.39, 0.29) is 78.8 Å². The largest absolute Gasteiger partial charge is 0.344 e. The summed E-state index contributed by atoms with van der Waals surface area (Å²) in [6.07, 6.45) is 0. The molecule has 0 spiro atoms. The average Bonchev–Trinajstić information content (AvgIpc) is 0. The third-order valence-electron chi connectivity index (χ3n) is 0. The van der Waals surface area contributed by atoms with Crippen molar-refractivity contribution >= 4 is 0 Å². The summed E-state index contributed by atoms with van der Waals surface area (Å²) in [4.78, 5) is 0. The molecule has 0 heterocycles. The zero-order valence-electron chi connectivity index (χ0n) is 1.78. The second kappa shape index (κ2) is 19.4. The van der Waals surface area contributed by atoms with E-state index in [1.54, 1.807) is 0 Å². The van der Waals surface area contributed by atoms with Crippen LogP contribution in [0.25, 0.3) is 0 Å². The van der Waals surface area contributed by atoms with Gasteiger partial charge in [0.1, 0.15) is 0 Å². The zero-order chi connectivity index (χ0) is 0. The van der Waals surface area contributed by atoms with Crippen molar-refractivity contribution in [1.29, 1.82) is 0 Å². The summed E-state index contributed by atoms with van der Waals surface area (Å²) in [6, 6.07) is 0. The molecular weight excluding hydrogens is 353 g/mol. The Morgan fingerprint density at radius 1 is 1.25 bits per heavy atom. The third-order valence-corrected chi connectivity index (χ3v) is 0. The Balaban J connectivity index is 0. The molecule has 1 radical (unpaired) electrons. The van der Waals surface area contributed by atoms with E-state index in [1.807, 2.05) is 0 Å². The Morgan fingerprint density at radius 2 is 1.25 bits per heavy atom. The van der Waals surface area contributed by atoms with Crippen LogP contribution in [-0.4, -0.2) is 0 Å². The van der Waals surface area contributed by atoms with Gasteiger partial charge in [-0.2, -0.15) is 0 Å². The second-order valence-corrected chi connectivity index (χ2v) is 0. The zero-order valence-corrected chi connectivity index (χ0v) is 8.79. The van der Waals surface area contributed by atoms with Crippen molar-refractivity contribution in [3.63, 3.8) is 0 Å². The Morgan fingerprint density at radius 3 is 1.25 bits per heavy atom. The van der Waals surface area contributed by atoms with Gasteiger partial charge >= 0.3 is 0 Å². The first-order valence-electron chi connectivity index (χ1n) is 0. The number of hydrogen-bond acceptors (Lipinski definition) is 1. The van der Waals surface area contributed by atoms with E-state index < -0.39 is 0 Å². The van der Waals surface area contributed by atoms with Gasteiger partial charge in [-0.05, 0) is 0 Å². The molecule has 0 aromatic heterocycles. The molecule has 0 aliphatic carbocycles. The molecular formula is CH9NUY. The predicted molar refractivity (Wildman–Crippen MR) is 13.9 cm³/mol. The van der Waals surface area contributed by atoms with Gasteiger partial charge in [0.15, 0.2) is 0 Å². The van der Waals surface area contributed by atoms with Crippen LogP contribution in [0.3, 0.4) is 0 Å². The molecule has 25 valence electrons. The molecule has 0 aromatic rings. The summed E-state index contributed by atoms with van der Waals surface area (Å²) in [5.41, 5.74) is 0. The first kappa shape index (κ1) is 35.8. The van der Waals surface area contributed by atoms with Crippen molar-refractivity contribution in [3.8, 4) is 0 Å². The van der Waals surface area contributed by atoms with E-state index in [2.05, 4.69) is 0 Å². The van der Waals surface area contributed by atoms with Gasteiger partial charge in [0.2, 0.25) is 0 Å². The fraction of sp³-hybridized carbons (Fsp3) is 1.00. The topological polar surface area (TPSA) is 35.0 Å². The molecule has 1 nitrogen and oxygen atoms in total. The number of hydrogen-bond donors (Lipinski definition) is 1. The van der Waals surface area contributed by atoms with Gasteiger partial charge in [-0.25, -0.2) is 0 Å². The van der Waals surface area contributed by atoms with Crippen LogP contribution in [0.5, 0.6) is 0 Å². The average molecular weight is 362 g/mol. The Labute approximate surface area is 77.6 Å². The van der Waals surface area contributed by atoms with Crippen molar-refractivity contribution in [2.24, 2.45) is 0 Å². The molecule has 0 saturated heterocycles. The molecule has 0 aliphatic heterocycles. The molecule has 0 amide bonds. The maximum absolute atomic E-state index is 0. The molecule has 0 aliphatic rings. The monoisotopic (exact) mass is 362 g/mol. The molecule has 0 aromatic carbocycles. The van der Waals surface area contributed by atoms with Gasteiger partial charge in [0, 0.05) is 65.2 Å². The molecule has 0 rings (SSSR count). The van der Waals surface area contributed by atoms with E-state index in [0.717, 1.165) is 0 Å². The molecule has 0 fully saturated rings. The molecule has 3 heteroatoms. The second-order valence-electron chi connectivity index (χ2n) is 0. The summed E-state index contributed by atoms with van der Waals surface area (Å²) < 4.78 is 0. The first-order valence-corrected chi connectivity index (χ1v) is 0. The molecule has 0 unspecified atom stereocenters. The normalized spacial score (nSPS) is 0. The predicted octanol–water partition coefficient (Wildman–Crippen LogP) is 1.04. The summed E-state index contributed by atoms with van der Waals surface area (Å²) >= 11 is 0. The summed E-state index contributed by atoms with van der Waals surface area (Å²) in [5, 5.41) is 0. The van der Waals surface area contributed by atoms with Crippen molar-refractivity contribution in [2.75, 3.05) is 0 Å². The van der Waals surface area contributed by atoms with Crippen LogP contribution < -0.4 is 6.15 Å². The van der Waals surface area contributed by atoms with Crippen LogP contribution in [0.15, 0.2) is 0 Å². The number of rotatable bonds is 0. The van der Waals surface area contributed by atoms with Crippen LogP contribution in [-0.2, 0) is 32.7 Å². The van der Waals surface area contributed by atoms with Crippen LogP contribution in [0.4, 0.5) is 0 Å². The SMILES string of the molecule is C.N.[HH].[U].[Y]. The van der Waals surface area contributed by atoms with Gasteiger partial charge in [-0.1, -0.05) is 7.43 Å². The summed E-state index contributed by atoms with van der Waals surface area (Å²) in [6.45, 7) is 0. The molecule has 0 bridgehead atoms. The minimum Gasteiger partial charge on any atom is -0.344 e. The van der Waals surface area contributed by atoms with Crippen LogP contribution in [0, 0.1) is 31.1 Å². The van der Waals surface area contributed by atoms with Gasteiger partial charge in [0.25, 0.3) is 0 Å². The van der Waals surface area contributed by atoms with Crippen molar-refractivity contribution in [2.45, 2.75) is 7.43 Å². The summed E-state index contributed by atoms with van der Waals surface area (Å²) in [7, 11) is 0. The van der Waals surface area contributed by atoms with E-state index in [9.17, 15) is 0 Å². The van der Waals surface area contributed by atoms with Crippen molar-refractivity contribution < 1.29 is 65.2 Å². The molecule has 3 N–H and O–H groups in total. The van der Waals surface area contributed by atoms with E-state index in [4.69, 9.17) is 0 Å².